The molecule has 1 heterocycles. The first-order valence-electron chi connectivity index (χ1n) is 8.80. The number of hydrogen-bond acceptors (Lipinski definition) is 3. The van der Waals surface area contributed by atoms with Crippen LogP contribution in [0.5, 0.6) is 0 Å². The number of benzene rings is 2. The second-order valence-electron chi connectivity index (χ2n) is 7.00. The topological polar surface area (TPSA) is 28.0 Å². The van der Waals surface area contributed by atoms with Gasteiger partial charge in [0.05, 0.1) is 16.9 Å². The van der Waals surface area contributed by atoms with Gasteiger partial charge in [-0.25, -0.2) is 0 Å². The lowest BCUT2D eigenvalue weighted by molar-refractivity contribution is -0.137. The number of anilines is 1. The molecule has 0 saturated carbocycles. The fraction of sp³-hybridized carbons (Fsp3) is 0.400. The van der Waals surface area contributed by atoms with E-state index in [0.29, 0.717) is 11.6 Å². The van der Waals surface area contributed by atoms with Crippen molar-refractivity contribution in [3.63, 3.8) is 0 Å². The highest BCUT2D eigenvalue weighted by Gasteiger charge is 2.29. The zero-order valence-electron chi connectivity index (χ0n) is 14.9. The van der Waals surface area contributed by atoms with Gasteiger partial charge < -0.3 is 4.90 Å². The van der Waals surface area contributed by atoms with E-state index in [1.807, 2.05) is 12.1 Å². The molecule has 0 fully saturated rings. The van der Waals surface area contributed by atoms with E-state index >= 15 is 0 Å². The van der Waals surface area contributed by atoms with Crippen molar-refractivity contribution in [1.29, 1.82) is 0 Å². The first-order valence-corrected chi connectivity index (χ1v) is 8.80. The van der Waals surface area contributed by atoms with E-state index in [0.717, 1.165) is 43.8 Å². The Hall–Kier alpha value is -2.37. The van der Waals surface area contributed by atoms with Crippen molar-refractivity contribution in [1.82, 2.24) is 0 Å². The van der Waals surface area contributed by atoms with Gasteiger partial charge in [-0.15, -0.1) is 0 Å². The molecule has 3 nitrogen and oxygen atoms in total. The summed E-state index contributed by atoms with van der Waals surface area (Å²) in [5, 5.41) is 8.25. The third-order valence-electron chi connectivity index (χ3n) is 4.34. The van der Waals surface area contributed by atoms with Gasteiger partial charge in [0, 0.05) is 18.8 Å². The fourth-order valence-electron chi connectivity index (χ4n) is 3.19. The number of hydrogen-bond donors (Lipinski definition) is 0. The van der Waals surface area contributed by atoms with E-state index in [-0.39, 0.29) is 0 Å². The van der Waals surface area contributed by atoms with Gasteiger partial charge in [0.1, 0.15) is 0 Å². The zero-order chi connectivity index (χ0) is 18.7. The second kappa shape index (κ2) is 7.48. The number of azo groups is 1. The lowest BCUT2D eigenvalue weighted by atomic mass is 10.00. The summed E-state index contributed by atoms with van der Waals surface area (Å²) >= 11 is 0. The molecule has 0 bridgehead atoms. The summed E-state index contributed by atoms with van der Waals surface area (Å²) in [6.45, 7) is 6.51. The summed E-state index contributed by atoms with van der Waals surface area (Å²) < 4.78 is 37.7. The van der Waals surface area contributed by atoms with Gasteiger partial charge in [-0.1, -0.05) is 13.8 Å². The van der Waals surface area contributed by atoms with Gasteiger partial charge in [0.2, 0.25) is 0 Å². The molecule has 0 radical (unpaired) electrons. The van der Waals surface area contributed by atoms with Crippen molar-refractivity contribution < 1.29 is 13.2 Å². The van der Waals surface area contributed by atoms with Crippen LogP contribution in [0.25, 0.3) is 0 Å². The summed E-state index contributed by atoms with van der Waals surface area (Å²) in [5.41, 5.74) is 2.93. The Labute approximate surface area is 151 Å². The number of fused-ring (bicyclic) bond motifs is 1. The number of nitrogens with zero attached hydrogens (tertiary/aromatic N) is 3. The summed E-state index contributed by atoms with van der Waals surface area (Å²) in [6, 6.07) is 10.7. The Balaban J connectivity index is 1.75. The predicted octanol–water partition coefficient (Wildman–Crippen LogP) is 6.53. The van der Waals surface area contributed by atoms with Gasteiger partial charge >= 0.3 is 6.18 Å². The third kappa shape index (κ3) is 4.42. The molecule has 3 rings (SSSR count). The summed E-state index contributed by atoms with van der Waals surface area (Å²) in [7, 11) is 0. The molecule has 0 spiro atoms. The van der Waals surface area contributed by atoms with Gasteiger partial charge in [-0.3, -0.25) is 0 Å². The molecule has 0 aromatic heterocycles. The van der Waals surface area contributed by atoms with Gasteiger partial charge in [-0.2, -0.15) is 23.4 Å². The van der Waals surface area contributed by atoms with Crippen molar-refractivity contribution in [2.24, 2.45) is 16.1 Å². The van der Waals surface area contributed by atoms with Gasteiger partial charge in [0.25, 0.3) is 0 Å². The van der Waals surface area contributed by atoms with Crippen LogP contribution in [-0.4, -0.2) is 13.1 Å². The Morgan fingerprint density at radius 2 is 1.65 bits per heavy atom. The molecular formula is C20H22F3N3. The van der Waals surface area contributed by atoms with Gasteiger partial charge in [0.15, 0.2) is 0 Å². The normalized spacial score (nSPS) is 14.9. The molecular weight excluding hydrogens is 339 g/mol. The van der Waals surface area contributed by atoms with Crippen LogP contribution in [0.15, 0.2) is 52.7 Å². The SMILES string of the molecule is CC(C)CN1CCCc2cc(N=Nc3ccc(C(F)(F)F)cc3)ccc21. The minimum Gasteiger partial charge on any atom is -0.371 e. The van der Waals surface area contributed by atoms with Crippen LogP contribution in [-0.2, 0) is 12.6 Å². The van der Waals surface area contributed by atoms with Crippen molar-refractivity contribution >= 4 is 17.1 Å². The first kappa shape index (κ1) is 18.4. The Morgan fingerprint density at radius 3 is 2.31 bits per heavy atom. The van der Waals surface area contributed by atoms with Crippen molar-refractivity contribution in [2.75, 3.05) is 18.0 Å². The minimum atomic E-state index is -4.34. The molecule has 0 aliphatic carbocycles. The molecule has 0 atom stereocenters. The second-order valence-corrected chi connectivity index (χ2v) is 7.00. The quantitative estimate of drug-likeness (QED) is 0.569. The van der Waals surface area contributed by atoms with Crippen molar-refractivity contribution in [3.8, 4) is 0 Å². The summed E-state index contributed by atoms with van der Waals surface area (Å²) in [6.07, 6.45) is -2.22. The number of alkyl halides is 3. The highest BCUT2D eigenvalue weighted by atomic mass is 19.4. The molecule has 0 amide bonds. The third-order valence-corrected chi connectivity index (χ3v) is 4.34. The lowest BCUT2D eigenvalue weighted by Crippen LogP contribution is -2.32. The number of aryl methyl sites for hydroxylation is 1. The molecule has 6 heteroatoms. The lowest BCUT2D eigenvalue weighted by Gasteiger charge is -2.32. The highest BCUT2D eigenvalue weighted by Crippen LogP contribution is 2.33. The Bertz CT molecular complexity index is 780. The smallest absolute Gasteiger partial charge is 0.371 e. The maximum absolute atomic E-state index is 12.6. The number of rotatable bonds is 4. The van der Waals surface area contributed by atoms with Crippen LogP contribution in [0.1, 0.15) is 31.4 Å². The molecule has 2 aromatic carbocycles. The zero-order valence-corrected chi connectivity index (χ0v) is 14.9. The predicted molar refractivity (Wildman–Crippen MR) is 97.4 cm³/mol. The van der Waals surface area contributed by atoms with Gasteiger partial charge in [-0.05, 0) is 66.8 Å². The van der Waals surface area contributed by atoms with E-state index in [1.54, 1.807) is 0 Å². The van der Waals surface area contributed by atoms with E-state index in [2.05, 4.69) is 35.0 Å². The largest absolute Gasteiger partial charge is 0.416 e. The van der Waals surface area contributed by atoms with Crippen LogP contribution in [0, 0.1) is 5.92 Å². The molecule has 0 unspecified atom stereocenters. The molecule has 26 heavy (non-hydrogen) atoms. The van der Waals surface area contributed by atoms with E-state index in [4.69, 9.17) is 0 Å². The number of halogens is 3. The highest BCUT2D eigenvalue weighted by molar-refractivity contribution is 5.61. The van der Waals surface area contributed by atoms with Crippen molar-refractivity contribution in [2.45, 2.75) is 32.9 Å². The molecule has 1 aliphatic rings. The Morgan fingerprint density at radius 1 is 1.00 bits per heavy atom. The van der Waals surface area contributed by atoms with Crippen LogP contribution in [0.3, 0.4) is 0 Å². The van der Waals surface area contributed by atoms with Crippen molar-refractivity contribution in [3.05, 3.63) is 53.6 Å². The fourth-order valence-corrected chi connectivity index (χ4v) is 3.19. The first-order chi connectivity index (χ1) is 12.3. The average Bonchev–Trinajstić information content (AvgIpc) is 2.59. The van der Waals surface area contributed by atoms with E-state index in [9.17, 15) is 13.2 Å². The standard InChI is InChI=1S/C20H22F3N3/c1-14(2)13-26-11-3-4-15-12-18(9-10-19(15)26)25-24-17-7-5-16(6-8-17)20(21,22)23/h5-10,12,14H,3-4,11,13H2,1-2H3. The minimum absolute atomic E-state index is 0.400. The molecule has 0 saturated heterocycles. The van der Waals surface area contributed by atoms with Crippen LogP contribution >= 0.6 is 0 Å². The summed E-state index contributed by atoms with van der Waals surface area (Å²) in [4.78, 5) is 2.40. The maximum atomic E-state index is 12.6. The average molecular weight is 361 g/mol. The summed E-state index contributed by atoms with van der Waals surface area (Å²) in [5.74, 6) is 0.597. The van der Waals surface area contributed by atoms with E-state index in [1.165, 1.54) is 23.4 Å². The molecule has 1 aliphatic heterocycles. The Kier molecular flexibility index (Phi) is 5.30. The van der Waals surface area contributed by atoms with Crippen LogP contribution in [0.2, 0.25) is 0 Å². The maximum Gasteiger partial charge on any atom is 0.416 e. The van der Waals surface area contributed by atoms with Crippen LogP contribution in [0.4, 0.5) is 30.2 Å². The molecule has 138 valence electrons. The van der Waals surface area contributed by atoms with Crippen LogP contribution < -0.4 is 4.90 Å². The van der Waals surface area contributed by atoms with E-state index < -0.39 is 11.7 Å². The monoisotopic (exact) mass is 361 g/mol. The molecule has 0 N–H and O–H groups in total. The molecule has 2 aromatic rings.